The van der Waals surface area contributed by atoms with Crippen LogP contribution in [0.15, 0.2) is 73.2 Å². The molecular weight excluding hydrogens is 536 g/mol. The first kappa shape index (κ1) is 26.8. The summed E-state index contributed by atoms with van der Waals surface area (Å²) in [7, 11) is 0. The lowest BCUT2D eigenvalue weighted by Crippen LogP contribution is -2.33. The Kier molecular flexibility index (Phi) is 7.51. The van der Waals surface area contributed by atoms with Gasteiger partial charge in [0, 0.05) is 55.3 Å². The summed E-state index contributed by atoms with van der Waals surface area (Å²) >= 11 is 13.0. The largest absolute Gasteiger partial charge is 0.370 e. The number of benzene rings is 1. The van der Waals surface area contributed by atoms with Crippen LogP contribution in [0.5, 0.6) is 0 Å². The molecule has 6 nitrogen and oxygen atoms in total. The maximum atomic E-state index is 6.97. The van der Waals surface area contributed by atoms with E-state index in [4.69, 9.17) is 28.8 Å². The highest BCUT2D eigenvalue weighted by Crippen LogP contribution is 2.45. The number of aromatic nitrogens is 3. The van der Waals surface area contributed by atoms with Crippen molar-refractivity contribution in [3.05, 3.63) is 106 Å². The van der Waals surface area contributed by atoms with Crippen molar-refractivity contribution in [3.8, 4) is 0 Å². The Labute approximate surface area is 247 Å². The number of halogens is 1. The molecule has 2 fully saturated rings. The number of nitrogens with zero attached hydrogens (tertiary/aromatic N) is 5. The summed E-state index contributed by atoms with van der Waals surface area (Å²) in [5.41, 5.74) is 7.83. The average Bonchev–Trinajstić information content (AvgIpc) is 3.45. The first-order chi connectivity index (χ1) is 19.4. The van der Waals surface area contributed by atoms with E-state index in [0.717, 1.165) is 47.6 Å². The molecule has 0 unspecified atom stereocenters. The van der Waals surface area contributed by atoms with Gasteiger partial charge < -0.3 is 19.7 Å². The van der Waals surface area contributed by atoms with E-state index in [1.807, 2.05) is 36.8 Å². The van der Waals surface area contributed by atoms with Gasteiger partial charge >= 0.3 is 0 Å². The third kappa shape index (κ3) is 5.08. The second-order valence-corrected chi connectivity index (χ2v) is 11.9. The second kappa shape index (κ2) is 11.2. The average molecular weight is 571 g/mol. The maximum Gasteiger partial charge on any atom is 0.174 e. The van der Waals surface area contributed by atoms with Gasteiger partial charge in [-0.15, -0.1) is 0 Å². The van der Waals surface area contributed by atoms with Crippen LogP contribution >= 0.6 is 23.8 Å². The molecule has 0 amide bonds. The van der Waals surface area contributed by atoms with Crippen molar-refractivity contribution >= 4 is 40.3 Å². The zero-order valence-electron chi connectivity index (χ0n) is 23.2. The monoisotopic (exact) mass is 570 g/mol. The van der Waals surface area contributed by atoms with Crippen LogP contribution in [0.3, 0.4) is 0 Å². The summed E-state index contributed by atoms with van der Waals surface area (Å²) in [6.45, 7) is 9.53. The smallest absolute Gasteiger partial charge is 0.174 e. The lowest BCUT2D eigenvalue weighted by molar-refractivity contribution is 0.438. The van der Waals surface area contributed by atoms with Gasteiger partial charge in [0.15, 0.2) is 5.11 Å². The lowest BCUT2D eigenvalue weighted by Gasteiger charge is -2.33. The van der Waals surface area contributed by atoms with Crippen molar-refractivity contribution in [1.29, 1.82) is 0 Å². The first-order valence-electron chi connectivity index (χ1n) is 14.0. The quantitative estimate of drug-likeness (QED) is 0.252. The topological polar surface area (TPSA) is 49.2 Å². The zero-order valence-corrected chi connectivity index (χ0v) is 24.8. The number of aryl methyl sites for hydroxylation is 1. The van der Waals surface area contributed by atoms with Gasteiger partial charge in [0.2, 0.25) is 0 Å². The molecule has 206 valence electrons. The van der Waals surface area contributed by atoms with Gasteiger partial charge in [-0.05, 0) is 98.4 Å². The minimum atomic E-state index is -0.108. The lowest BCUT2D eigenvalue weighted by atomic mass is 9.96. The third-order valence-corrected chi connectivity index (χ3v) is 9.04. The van der Waals surface area contributed by atoms with E-state index in [1.54, 1.807) is 0 Å². The van der Waals surface area contributed by atoms with Gasteiger partial charge in [-0.2, -0.15) is 0 Å². The normalized spacial score (nSPS) is 19.8. The molecule has 2 saturated heterocycles. The number of nitrogens with one attached hydrogen (secondary N) is 1. The fourth-order valence-corrected chi connectivity index (χ4v) is 6.79. The van der Waals surface area contributed by atoms with Gasteiger partial charge in [-0.3, -0.25) is 9.97 Å². The molecule has 5 heterocycles. The molecule has 1 aromatic carbocycles. The minimum absolute atomic E-state index is 0.0889. The van der Waals surface area contributed by atoms with Crippen molar-refractivity contribution in [2.45, 2.75) is 52.2 Å². The van der Waals surface area contributed by atoms with Crippen LogP contribution in [0, 0.1) is 19.8 Å². The van der Waals surface area contributed by atoms with Gasteiger partial charge in [0.25, 0.3) is 0 Å². The second-order valence-electron chi connectivity index (χ2n) is 11.1. The van der Waals surface area contributed by atoms with E-state index >= 15 is 0 Å². The van der Waals surface area contributed by atoms with Crippen LogP contribution in [0.25, 0.3) is 0 Å². The molecule has 1 N–H and O–H groups in total. The van der Waals surface area contributed by atoms with Crippen molar-refractivity contribution in [2.24, 2.45) is 5.92 Å². The molecule has 8 heteroatoms. The summed E-state index contributed by atoms with van der Waals surface area (Å²) in [6.07, 6.45) is 7.98. The van der Waals surface area contributed by atoms with Gasteiger partial charge in [0.1, 0.15) is 0 Å². The molecule has 40 heavy (non-hydrogen) atoms. The number of pyridine rings is 2. The zero-order chi connectivity index (χ0) is 27.8. The number of thiocarbonyl (C=S) groups is 1. The molecule has 2 aliphatic heterocycles. The predicted octanol–water partition coefficient (Wildman–Crippen LogP) is 7.01. The Hall–Kier alpha value is -3.42. The molecule has 6 rings (SSSR count). The molecule has 0 saturated carbocycles. The first-order valence-corrected chi connectivity index (χ1v) is 14.8. The summed E-state index contributed by atoms with van der Waals surface area (Å²) in [5, 5.41) is 5.03. The highest BCUT2D eigenvalue weighted by Gasteiger charge is 2.42. The Morgan fingerprint density at radius 3 is 2.55 bits per heavy atom. The molecule has 0 spiro atoms. The highest BCUT2D eigenvalue weighted by molar-refractivity contribution is 7.80. The van der Waals surface area contributed by atoms with E-state index in [2.05, 4.69) is 81.8 Å². The van der Waals surface area contributed by atoms with Crippen LogP contribution in [-0.4, -0.2) is 32.7 Å². The van der Waals surface area contributed by atoms with Crippen molar-refractivity contribution in [3.63, 3.8) is 0 Å². The fourth-order valence-electron chi connectivity index (χ4n) is 6.15. The number of hydrogen-bond acceptors (Lipinski definition) is 4. The Morgan fingerprint density at radius 1 is 1.02 bits per heavy atom. The molecule has 4 aromatic rings. The highest BCUT2D eigenvalue weighted by atomic mass is 35.5. The third-order valence-electron chi connectivity index (χ3n) is 8.43. The Morgan fingerprint density at radius 2 is 1.85 bits per heavy atom. The van der Waals surface area contributed by atoms with Crippen LogP contribution in [0.4, 0.5) is 11.4 Å². The van der Waals surface area contributed by atoms with Crippen LogP contribution in [0.1, 0.15) is 60.1 Å². The predicted molar refractivity (Wildman–Crippen MR) is 167 cm³/mol. The Balaban J connectivity index is 1.40. The summed E-state index contributed by atoms with van der Waals surface area (Å²) in [5.74, 6) is 0.767. The maximum absolute atomic E-state index is 6.97. The van der Waals surface area contributed by atoms with Crippen LogP contribution in [-0.2, 0) is 6.54 Å². The number of rotatable bonds is 6. The van der Waals surface area contributed by atoms with E-state index < -0.39 is 0 Å². The molecule has 2 aliphatic rings. The Bertz CT molecular complexity index is 1500. The molecule has 3 aromatic heterocycles. The van der Waals surface area contributed by atoms with Crippen molar-refractivity contribution < 1.29 is 0 Å². The number of anilines is 2. The summed E-state index contributed by atoms with van der Waals surface area (Å²) in [4.78, 5) is 13.7. The number of hydrogen-bond donors (Lipinski definition) is 1. The molecular formula is C32H35ClN6S. The van der Waals surface area contributed by atoms with Crippen LogP contribution in [0.2, 0.25) is 5.02 Å². The standard InChI is InChI=1S/C32H35ClN6S/c1-21-11-15-37(16-12-21)29-10-9-25(18-27(29)33)39-31(30(36-32(39)40)28-8-4-5-14-35-28)26-17-22(2)38(23(26)3)20-24-7-6-13-34-19-24/h4-10,13-14,17-19,21,30-31H,11-12,15-16,20H2,1-3H3,(H,36,40)/t30-,31+/m1/s1. The van der Waals surface area contributed by atoms with E-state index in [9.17, 15) is 0 Å². The van der Waals surface area contributed by atoms with Crippen LogP contribution < -0.4 is 15.1 Å². The van der Waals surface area contributed by atoms with Gasteiger partial charge in [-0.25, -0.2) is 0 Å². The van der Waals surface area contributed by atoms with E-state index in [1.165, 1.54) is 35.4 Å². The van der Waals surface area contributed by atoms with Gasteiger partial charge in [-0.1, -0.05) is 30.7 Å². The SMILES string of the molecule is Cc1cc([C@H]2[C@@H](c3ccccn3)NC(=S)N2c2ccc(N3CCC(C)CC3)c(Cl)c2)c(C)n1Cc1cccnc1. The van der Waals surface area contributed by atoms with E-state index in [0.29, 0.717) is 5.11 Å². The fraction of sp³-hybridized carbons (Fsp3) is 0.344. The molecule has 0 aliphatic carbocycles. The summed E-state index contributed by atoms with van der Waals surface area (Å²) < 4.78 is 2.36. The van der Waals surface area contributed by atoms with E-state index in [-0.39, 0.29) is 12.1 Å². The molecule has 2 atom stereocenters. The van der Waals surface area contributed by atoms with Crippen molar-refractivity contribution in [2.75, 3.05) is 22.9 Å². The minimum Gasteiger partial charge on any atom is -0.370 e. The summed E-state index contributed by atoms with van der Waals surface area (Å²) in [6, 6.07) is 18.6. The van der Waals surface area contributed by atoms with Gasteiger partial charge in [0.05, 0.1) is 28.5 Å². The molecule has 0 bridgehead atoms. The van der Waals surface area contributed by atoms with Crippen molar-refractivity contribution in [1.82, 2.24) is 19.9 Å². The number of piperidine rings is 1. The molecule has 0 radical (unpaired) electrons.